The SMILES string of the molecule is Cc1cc2c(O)cc(Br)cc2[nH]1. The summed E-state index contributed by atoms with van der Waals surface area (Å²) in [6, 6.07) is 5.56. The number of hydrogen-bond donors (Lipinski definition) is 2. The first kappa shape index (κ1) is 7.68. The Balaban J connectivity index is 2.88. The van der Waals surface area contributed by atoms with Gasteiger partial charge in [-0.2, -0.15) is 0 Å². The fourth-order valence-electron chi connectivity index (χ4n) is 1.32. The summed E-state index contributed by atoms with van der Waals surface area (Å²) < 4.78 is 0.884. The highest BCUT2D eigenvalue weighted by Gasteiger charge is 2.03. The number of nitrogens with one attached hydrogen (secondary N) is 1. The van der Waals surface area contributed by atoms with Crippen molar-refractivity contribution in [3.05, 3.63) is 28.4 Å². The van der Waals surface area contributed by atoms with Crippen molar-refractivity contribution < 1.29 is 5.11 Å². The van der Waals surface area contributed by atoms with Crippen molar-refractivity contribution in [2.24, 2.45) is 0 Å². The number of aromatic hydroxyl groups is 1. The molecule has 12 heavy (non-hydrogen) atoms. The van der Waals surface area contributed by atoms with Crippen LogP contribution in [0, 0.1) is 6.92 Å². The Labute approximate surface area is 78.3 Å². The van der Waals surface area contributed by atoms with Crippen LogP contribution in [0.15, 0.2) is 22.7 Å². The predicted octanol–water partition coefficient (Wildman–Crippen LogP) is 2.94. The summed E-state index contributed by atoms with van der Waals surface area (Å²) in [7, 11) is 0. The second-order valence-electron chi connectivity index (χ2n) is 2.84. The first-order valence-electron chi connectivity index (χ1n) is 3.64. The average Bonchev–Trinajstić information content (AvgIpc) is 2.29. The minimum atomic E-state index is 0.309. The fourth-order valence-corrected chi connectivity index (χ4v) is 1.77. The van der Waals surface area contributed by atoms with Gasteiger partial charge in [0.1, 0.15) is 5.75 Å². The van der Waals surface area contributed by atoms with Crippen LogP contribution in [0.3, 0.4) is 0 Å². The third kappa shape index (κ3) is 1.10. The van der Waals surface area contributed by atoms with Crippen LogP contribution in [0.1, 0.15) is 5.69 Å². The molecule has 0 unspecified atom stereocenters. The smallest absolute Gasteiger partial charge is 0.126 e. The molecule has 0 aliphatic heterocycles. The molecule has 62 valence electrons. The van der Waals surface area contributed by atoms with Crippen LogP contribution < -0.4 is 0 Å². The highest BCUT2D eigenvalue weighted by molar-refractivity contribution is 9.10. The Hall–Kier alpha value is -0.960. The van der Waals surface area contributed by atoms with Gasteiger partial charge in [0.25, 0.3) is 0 Å². The number of H-pyrrole nitrogens is 1. The Morgan fingerprint density at radius 3 is 2.83 bits per heavy atom. The molecular weight excluding hydrogens is 218 g/mol. The zero-order chi connectivity index (χ0) is 8.72. The van der Waals surface area contributed by atoms with Crippen molar-refractivity contribution in [2.45, 2.75) is 6.92 Å². The molecule has 2 N–H and O–H groups in total. The van der Waals surface area contributed by atoms with Crippen LogP contribution in [-0.4, -0.2) is 10.1 Å². The van der Waals surface area contributed by atoms with E-state index in [0.29, 0.717) is 5.75 Å². The Kier molecular flexibility index (Phi) is 1.61. The number of phenols is 1. The van der Waals surface area contributed by atoms with Gasteiger partial charge in [-0.15, -0.1) is 0 Å². The maximum atomic E-state index is 9.52. The van der Waals surface area contributed by atoms with Gasteiger partial charge in [0.15, 0.2) is 0 Å². The molecule has 0 saturated heterocycles. The fraction of sp³-hybridized carbons (Fsp3) is 0.111. The van der Waals surface area contributed by atoms with E-state index in [-0.39, 0.29) is 0 Å². The molecule has 3 heteroatoms. The van der Waals surface area contributed by atoms with Gasteiger partial charge in [-0.1, -0.05) is 15.9 Å². The summed E-state index contributed by atoms with van der Waals surface area (Å²) in [5.41, 5.74) is 2.01. The standard InChI is InChI=1S/C9H8BrNO/c1-5-2-7-8(11-5)3-6(10)4-9(7)12/h2-4,11-12H,1H3. The molecule has 0 radical (unpaired) electrons. The van der Waals surface area contributed by atoms with Crippen molar-refractivity contribution in [3.8, 4) is 5.75 Å². The maximum absolute atomic E-state index is 9.52. The Bertz CT molecular complexity index is 433. The quantitative estimate of drug-likeness (QED) is 0.711. The number of hydrogen-bond acceptors (Lipinski definition) is 1. The second-order valence-corrected chi connectivity index (χ2v) is 3.75. The summed E-state index contributed by atoms with van der Waals surface area (Å²) >= 11 is 3.31. The van der Waals surface area contributed by atoms with Gasteiger partial charge in [0, 0.05) is 15.6 Å². The highest BCUT2D eigenvalue weighted by Crippen LogP contribution is 2.29. The van der Waals surface area contributed by atoms with Crippen LogP contribution in [0.2, 0.25) is 0 Å². The Morgan fingerprint density at radius 2 is 2.08 bits per heavy atom. The number of halogens is 1. The van der Waals surface area contributed by atoms with Crippen molar-refractivity contribution in [2.75, 3.05) is 0 Å². The zero-order valence-electron chi connectivity index (χ0n) is 6.56. The number of aromatic amines is 1. The number of benzene rings is 1. The van der Waals surface area contributed by atoms with Gasteiger partial charge >= 0.3 is 0 Å². The molecule has 0 spiro atoms. The van der Waals surface area contributed by atoms with Crippen LogP contribution in [-0.2, 0) is 0 Å². The van der Waals surface area contributed by atoms with Crippen molar-refractivity contribution in [3.63, 3.8) is 0 Å². The molecule has 0 aliphatic rings. The van der Waals surface area contributed by atoms with E-state index in [1.54, 1.807) is 6.07 Å². The third-order valence-electron chi connectivity index (χ3n) is 1.82. The van der Waals surface area contributed by atoms with Crippen molar-refractivity contribution in [1.29, 1.82) is 0 Å². The molecule has 0 fully saturated rings. The van der Waals surface area contributed by atoms with Gasteiger partial charge in [-0.25, -0.2) is 0 Å². The predicted molar refractivity (Wildman–Crippen MR) is 52.4 cm³/mol. The minimum Gasteiger partial charge on any atom is -0.507 e. The molecule has 1 aromatic carbocycles. The molecule has 0 saturated carbocycles. The lowest BCUT2D eigenvalue weighted by molar-refractivity contribution is 0.481. The molecule has 1 heterocycles. The normalized spacial score (nSPS) is 10.8. The van der Waals surface area contributed by atoms with E-state index >= 15 is 0 Å². The van der Waals surface area contributed by atoms with Gasteiger partial charge in [0.2, 0.25) is 0 Å². The van der Waals surface area contributed by atoms with Gasteiger partial charge in [-0.3, -0.25) is 0 Å². The molecular formula is C9H8BrNO. The van der Waals surface area contributed by atoms with E-state index in [2.05, 4.69) is 20.9 Å². The summed E-state index contributed by atoms with van der Waals surface area (Å²) in [6.07, 6.45) is 0. The van der Waals surface area contributed by atoms with Crippen LogP contribution >= 0.6 is 15.9 Å². The summed E-state index contributed by atoms with van der Waals surface area (Å²) in [5, 5.41) is 10.4. The summed E-state index contributed by atoms with van der Waals surface area (Å²) in [4.78, 5) is 3.15. The van der Waals surface area contributed by atoms with Crippen molar-refractivity contribution >= 4 is 26.8 Å². The molecule has 2 rings (SSSR count). The molecule has 2 aromatic rings. The maximum Gasteiger partial charge on any atom is 0.126 e. The third-order valence-corrected chi connectivity index (χ3v) is 2.27. The van der Waals surface area contributed by atoms with E-state index in [1.165, 1.54) is 0 Å². The first-order chi connectivity index (χ1) is 5.66. The molecule has 0 amide bonds. The topological polar surface area (TPSA) is 36.0 Å². The van der Waals surface area contributed by atoms with Crippen LogP contribution in [0.25, 0.3) is 10.9 Å². The number of aryl methyl sites for hydroxylation is 1. The van der Waals surface area contributed by atoms with E-state index in [9.17, 15) is 5.11 Å². The monoisotopic (exact) mass is 225 g/mol. The van der Waals surface area contributed by atoms with Gasteiger partial charge in [0.05, 0.1) is 5.52 Å². The minimum absolute atomic E-state index is 0.309. The number of fused-ring (bicyclic) bond motifs is 1. The van der Waals surface area contributed by atoms with Gasteiger partial charge in [-0.05, 0) is 25.1 Å². The molecule has 1 aromatic heterocycles. The van der Waals surface area contributed by atoms with E-state index in [1.807, 2.05) is 19.1 Å². The lowest BCUT2D eigenvalue weighted by Gasteiger charge is -1.95. The highest BCUT2D eigenvalue weighted by atomic mass is 79.9. The molecule has 0 atom stereocenters. The largest absolute Gasteiger partial charge is 0.507 e. The van der Waals surface area contributed by atoms with E-state index in [0.717, 1.165) is 21.1 Å². The summed E-state index contributed by atoms with van der Waals surface area (Å²) in [5.74, 6) is 0.309. The van der Waals surface area contributed by atoms with Crippen LogP contribution in [0.5, 0.6) is 5.75 Å². The molecule has 0 bridgehead atoms. The van der Waals surface area contributed by atoms with E-state index in [4.69, 9.17) is 0 Å². The molecule has 0 aliphatic carbocycles. The van der Waals surface area contributed by atoms with Crippen molar-refractivity contribution in [1.82, 2.24) is 4.98 Å². The summed E-state index contributed by atoms with van der Waals surface area (Å²) in [6.45, 7) is 1.97. The number of rotatable bonds is 0. The number of aromatic nitrogens is 1. The lowest BCUT2D eigenvalue weighted by atomic mass is 10.2. The average molecular weight is 226 g/mol. The molecule has 2 nitrogen and oxygen atoms in total. The second kappa shape index (κ2) is 2.52. The number of phenolic OH excluding ortho intramolecular Hbond substituents is 1. The van der Waals surface area contributed by atoms with Gasteiger partial charge < -0.3 is 10.1 Å². The Morgan fingerprint density at radius 1 is 1.33 bits per heavy atom. The first-order valence-corrected chi connectivity index (χ1v) is 4.44. The van der Waals surface area contributed by atoms with E-state index < -0.39 is 0 Å². The zero-order valence-corrected chi connectivity index (χ0v) is 8.14. The lowest BCUT2D eigenvalue weighted by Crippen LogP contribution is -1.70. The van der Waals surface area contributed by atoms with Crippen LogP contribution in [0.4, 0.5) is 0 Å².